The summed E-state index contributed by atoms with van der Waals surface area (Å²) in [6.45, 7) is 5.12. The standard InChI is InChI=1S/C17H24ClNO4/c1-16(2)10-19(7-6-17(16,22)11-23-3)15(21)9-12-4-5-14(20)13(18)8-12/h4-5,8,20,22H,6-7,9-11H2,1-3H3/t17-/m1/s1. The SMILES string of the molecule is COC[C@]1(O)CCN(C(=O)Cc2ccc(O)c(Cl)c2)CC1(C)C. The van der Waals surface area contributed by atoms with Crippen molar-refractivity contribution in [3.8, 4) is 5.75 Å². The van der Waals surface area contributed by atoms with Gasteiger partial charge in [-0.1, -0.05) is 31.5 Å². The summed E-state index contributed by atoms with van der Waals surface area (Å²) in [5.41, 5.74) is -0.627. The van der Waals surface area contributed by atoms with Crippen molar-refractivity contribution in [3.05, 3.63) is 28.8 Å². The van der Waals surface area contributed by atoms with Crippen LogP contribution in [0.25, 0.3) is 0 Å². The smallest absolute Gasteiger partial charge is 0.227 e. The fourth-order valence-electron chi connectivity index (χ4n) is 3.03. The number of ether oxygens (including phenoxy) is 1. The molecule has 1 aromatic carbocycles. The second kappa shape index (κ2) is 6.67. The van der Waals surface area contributed by atoms with Crippen molar-refractivity contribution < 1.29 is 19.7 Å². The molecule has 23 heavy (non-hydrogen) atoms. The van der Waals surface area contributed by atoms with E-state index >= 15 is 0 Å². The van der Waals surface area contributed by atoms with E-state index in [0.717, 1.165) is 5.56 Å². The lowest BCUT2D eigenvalue weighted by Gasteiger charge is -2.50. The van der Waals surface area contributed by atoms with E-state index in [1.807, 2.05) is 13.8 Å². The van der Waals surface area contributed by atoms with E-state index in [1.54, 1.807) is 24.1 Å². The number of piperidine rings is 1. The molecule has 1 aliphatic rings. The molecule has 1 heterocycles. The Morgan fingerprint density at radius 3 is 2.70 bits per heavy atom. The fourth-order valence-corrected chi connectivity index (χ4v) is 3.23. The lowest BCUT2D eigenvalue weighted by atomic mass is 9.70. The largest absolute Gasteiger partial charge is 0.506 e. The van der Waals surface area contributed by atoms with Gasteiger partial charge < -0.3 is 19.8 Å². The zero-order valence-corrected chi connectivity index (χ0v) is 14.6. The summed E-state index contributed by atoms with van der Waals surface area (Å²) in [5.74, 6) is -0.00843. The van der Waals surface area contributed by atoms with Crippen LogP contribution in [0.1, 0.15) is 25.8 Å². The summed E-state index contributed by atoms with van der Waals surface area (Å²) >= 11 is 5.88. The highest BCUT2D eigenvalue weighted by Crippen LogP contribution is 2.39. The van der Waals surface area contributed by atoms with Gasteiger partial charge in [0.15, 0.2) is 0 Å². The Labute approximate surface area is 141 Å². The van der Waals surface area contributed by atoms with Crippen LogP contribution in [0.5, 0.6) is 5.75 Å². The Balaban J connectivity index is 2.05. The molecule has 1 amide bonds. The third-order valence-corrected chi connectivity index (χ3v) is 5.05. The fraction of sp³-hybridized carbons (Fsp3) is 0.588. The van der Waals surface area contributed by atoms with Crippen LogP contribution >= 0.6 is 11.6 Å². The van der Waals surface area contributed by atoms with E-state index < -0.39 is 11.0 Å². The maximum absolute atomic E-state index is 12.5. The van der Waals surface area contributed by atoms with E-state index in [9.17, 15) is 15.0 Å². The average molecular weight is 342 g/mol. The summed E-state index contributed by atoms with van der Waals surface area (Å²) in [6, 6.07) is 4.78. The third kappa shape index (κ3) is 3.79. The van der Waals surface area contributed by atoms with Crippen molar-refractivity contribution in [2.75, 3.05) is 26.8 Å². The number of benzene rings is 1. The number of hydrogen-bond donors (Lipinski definition) is 2. The summed E-state index contributed by atoms with van der Waals surface area (Å²) in [4.78, 5) is 14.3. The molecule has 1 aromatic rings. The average Bonchev–Trinajstić information content (AvgIpc) is 2.46. The number of carbonyl (C=O) groups is 1. The number of phenols is 1. The number of aliphatic hydroxyl groups is 1. The Hall–Kier alpha value is -1.30. The van der Waals surface area contributed by atoms with Crippen LogP contribution in [0.2, 0.25) is 5.02 Å². The maximum Gasteiger partial charge on any atom is 0.227 e. The highest BCUT2D eigenvalue weighted by Gasteiger charge is 2.48. The number of nitrogens with zero attached hydrogens (tertiary/aromatic N) is 1. The van der Waals surface area contributed by atoms with E-state index in [1.165, 1.54) is 6.07 Å². The van der Waals surface area contributed by atoms with Gasteiger partial charge >= 0.3 is 0 Å². The van der Waals surface area contributed by atoms with E-state index in [2.05, 4.69) is 0 Å². The molecule has 1 atom stereocenters. The number of carbonyl (C=O) groups excluding carboxylic acids is 1. The number of methoxy groups -OCH3 is 1. The normalized spacial score (nSPS) is 23.8. The topological polar surface area (TPSA) is 70.0 Å². The van der Waals surface area contributed by atoms with Gasteiger partial charge in [0.05, 0.1) is 23.7 Å². The second-order valence-corrected chi connectivity index (χ2v) is 7.28. The number of rotatable bonds is 4. The Morgan fingerprint density at radius 2 is 2.13 bits per heavy atom. The van der Waals surface area contributed by atoms with Crippen LogP contribution < -0.4 is 0 Å². The molecule has 0 aromatic heterocycles. The summed E-state index contributed by atoms with van der Waals surface area (Å²) in [6.07, 6.45) is 0.703. The molecule has 0 spiro atoms. The quantitative estimate of drug-likeness (QED) is 0.881. The first-order chi connectivity index (χ1) is 10.7. The van der Waals surface area contributed by atoms with Gasteiger partial charge in [0.2, 0.25) is 5.91 Å². The summed E-state index contributed by atoms with van der Waals surface area (Å²) in [7, 11) is 1.57. The minimum Gasteiger partial charge on any atom is -0.506 e. The van der Waals surface area contributed by atoms with Crippen LogP contribution in [0.15, 0.2) is 18.2 Å². The number of likely N-dealkylation sites (tertiary alicyclic amines) is 1. The Morgan fingerprint density at radius 1 is 1.43 bits per heavy atom. The number of phenolic OH excluding ortho intramolecular Hbond substituents is 1. The second-order valence-electron chi connectivity index (χ2n) is 6.88. The van der Waals surface area contributed by atoms with Crippen molar-refractivity contribution >= 4 is 17.5 Å². The van der Waals surface area contributed by atoms with Crippen molar-refractivity contribution in [3.63, 3.8) is 0 Å². The monoisotopic (exact) mass is 341 g/mol. The minimum atomic E-state index is -0.930. The zero-order valence-electron chi connectivity index (χ0n) is 13.8. The molecule has 6 heteroatoms. The van der Waals surface area contributed by atoms with Gasteiger partial charge in [-0.2, -0.15) is 0 Å². The molecule has 5 nitrogen and oxygen atoms in total. The predicted molar refractivity (Wildman–Crippen MR) is 88.6 cm³/mol. The third-order valence-electron chi connectivity index (χ3n) is 4.74. The number of halogens is 1. The van der Waals surface area contributed by atoms with Gasteiger partial charge in [-0.15, -0.1) is 0 Å². The zero-order chi connectivity index (χ0) is 17.3. The Kier molecular flexibility index (Phi) is 5.23. The molecule has 2 N–H and O–H groups in total. The van der Waals surface area contributed by atoms with Crippen molar-refractivity contribution in [2.24, 2.45) is 5.41 Å². The summed E-state index contributed by atoms with van der Waals surface area (Å²) < 4.78 is 5.14. The van der Waals surface area contributed by atoms with E-state index in [-0.39, 0.29) is 29.7 Å². The molecule has 0 aliphatic carbocycles. The van der Waals surface area contributed by atoms with Gasteiger partial charge in [0.1, 0.15) is 5.75 Å². The van der Waals surface area contributed by atoms with Crippen LogP contribution in [0, 0.1) is 5.41 Å². The van der Waals surface area contributed by atoms with E-state index in [0.29, 0.717) is 19.5 Å². The van der Waals surface area contributed by atoms with Crippen molar-refractivity contribution in [2.45, 2.75) is 32.3 Å². The molecule has 0 unspecified atom stereocenters. The van der Waals surface area contributed by atoms with Crippen LogP contribution in [0.3, 0.4) is 0 Å². The highest BCUT2D eigenvalue weighted by molar-refractivity contribution is 6.32. The molecular formula is C17H24ClNO4. The first-order valence-corrected chi connectivity index (χ1v) is 8.03. The predicted octanol–water partition coefficient (Wildman–Crippen LogP) is 2.22. The number of hydrogen-bond acceptors (Lipinski definition) is 4. The summed E-state index contributed by atoms with van der Waals surface area (Å²) in [5, 5.41) is 20.4. The van der Waals surface area contributed by atoms with Crippen molar-refractivity contribution in [1.29, 1.82) is 0 Å². The lowest BCUT2D eigenvalue weighted by Crippen LogP contribution is -2.60. The number of aromatic hydroxyl groups is 1. The van der Waals surface area contributed by atoms with Gasteiger partial charge in [0.25, 0.3) is 0 Å². The van der Waals surface area contributed by atoms with Gasteiger partial charge in [-0.05, 0) is 24.1 Å². The molecule has 0 radical (unpaired) electrons. The maximum atomic E-state index is 12.5. The van der Waals surface area contributed by atoms with Gasteiger partial charge in [-0.25, -0.2) is 0 Å². The van der Waals surface area contributed by atoms with Crippen molar-refractivity contribution in [1.82, 2.24) is 4.90 Å². The molecule has 128 valence electrons. The van der Waals surface area contributed by atoms with Crippen LogP contribution in [0.4, 0.5) is 0 Å². The number of amides is 1. The van der Waals surface area contributed by atoms with E-state index in [4.69, 9.17) is 16.3 Å². The lowest BCUT2D eigenvalue weighted by molar-refractivity contribution is -0.163. The van der Waals surface area contributed by atoms with Gasteiger partial charge in [0, 0.05) is 25.6 Å². The molecule has 0 saturated carbocycles. The Bertz CT molecular complexity index is 590. The molecular weight excluding hydrogens is 318 g/mol. The highest BCUT2D eigenvalue weighted by atomic mass is 35.5. The first-order valence-electron chi connectivity index (χ1n) is 7.65. The molecule has 2 rings (SSSR count). The molecule has 1 aliphatic heterocycles. The molecule has 1 saturated heterocycles. The minimum absolute atomic E-state index is 0.00611. The van der Waals surface area contributed by atoms with Crippen LogP contribution in [-0.2, 0) is 16.0 Å². The van der Waals surface area contributed by atoms with Crippen LogP contribution in [-0.4, -0.2) is 53.4 Å². The van der Waals surface area contributed by atoms with Gasteiger partial charge in [-0.3, -0.25) is 4.79 Å². The first kappa shape index (κ1) is 18.0. The molecule has 1 fully saturated rings. The molecule has 0 bridgehead atoms.